The number of H-pyrrole nitrogens is 1. The van der Waals surface area contributed by atoms with Crippen molar-refractivity contribution in [2.75, 3.05) is 0 Å². The molecular formula is C14H15N3S. The van der Waals surface area contributed by atoms with E-state index in [-0.39, 0.29) is 0 Å². The highest BCUT2D eigenvalue weighted by Crippen LogP contribution is 2.50. The molecule has 0 spiro atoms. The number of fused-ring (bicyclic) bond motifs is 1. The summed E-state index contributed by atoms with van der Waals surface area (Å²) in [4.78, 5) is 3.18. The number of rotatable bonds is 3. The third kappa shape index (κ3) is 1.67. The molecular weight excluding hydrogens is 242 g/mol. The summed E-state index contributed by atoms with van der Waals surface area (Å²) in [6.07, 6.45) is 3.77. The molecule has 4 heteroatoms. The number of hydrogen-bond donors (Lipinski definition) is 1. The molecule has 1 aliphatic rings. The lowest BCUT2D eigenvalue weighted by Crippen LogP contribution is -2.10. The normalized spacial score (nSPS) is 16.7. The fraction of sp³-hybridized carbons (Fsp3) is 0.429. The summed E-state index contributed by atoms with van der Waals surface area (Å²) in [6, 6.07) is 7.99. The van der Waals surface area contributed by atoms with Crippen molar-refractivity contribution in [1.82, 2.24) is 9.55 Å². The lowest BCUT2D eigenvalue weighted by molar-refractivity contribution is 0.413. The van der Waals surface area contributed by atoms with Gasteiger partial charge in [0.25, 0.3) is 0 Å². The van der Waals surface area contributed by atoms with E-state index < -0.39 is 0 Å². The summed E-state index contributed by atoms with van der Waals surface area (Å²) in [5.74, 6) is 0. The zero-order chi connectivity index (χ0) is 12.8. The van der Waals surface area contributed by atoms with Gasteiger partial charge < -0.3 is 9.55 Å². The molecule has 18 heavy (non-hydrogen) atoms. The smallest absolute Gasteiger partial charge is 0.178 e. The van der Waals surface area contributed by atoms with Crippen molar-refractivity contribution in [2.24, 2.45) is 5.41 Å². The molecule has 1 fully saturated rings. The first-order valence-corrected chi connectivity index (χ1v) is 6.71. The molecule has 1 aliphatic carbocycles. The van der Waals surface area contributed by atoms with Crippen LogP contribution in [0.5, 0.6) is 0 Å². The lowest BCUT2D eigenvalue weighted by atomic mass is 10.0. The Labute approximate surface area is 111 Å². The van der Waals surface area contributed by atoms with Gasteiger partial charge >= 0.3 is 0 Å². The molecule has 0 bridgehead atoms. The van der Waals surface area contributed by atoms with Gasteiger partial charge in [-0.1, -0.05) is 13.0 Å². The SMILES string of the molecule is CCC1(Cn2c(=S)[nH]c3c(C#N)cccc32)CC1. The Hall–Kier alpha value is -1.60. The maximum Gasteiger partial charge on any atom is 0.178 e. The summed E-state index contributed by atoms with van der Waals surface area (Å²) in [7, 11) is 0. The first-order chi connectivity index (χ1) is 8.69. The quantitative estimate of drug-likeness (QED) is 0.851. The molecule has 3 rings (SSSR count). The monoisotopic (exact) mass is 257 g/mol. The molecule has 2 aromatic rings. The molecule has 3 nitrogen and oxygen atoms in total. The van der Waals surface area contributed by atoms with Crippen LogP contribution in [-0.4, -0.2) is 9.55 Å². The Bertz CT molecular complexity index is 698. The third-order valence-electron chi connectivity index (χ3n) is 4.13. The van der Waals surface area contributed by atoms with Crippen LogP contribution >= 0.6 is 12.2 Å². The fourth-order valence-electron chi connectivity index (χ4n) is 2.57. The Kier molecular flexibility index (Phi) is 2.53. The molecule has 1 aromatic carbocycles. The van der Waals surface area contributed by atoms with Crippen molar-refractivity contribution in [3.8, 4) is 6.07 Å². The molecule has 1 N–H and O–H groups in total. The van der Waals surface area contributed by atoms with Crippen LogP contribution in [0.4, 0.5) is 0 Å². The Morgan fingerprint density at radius 3 is 2.89 bits per heavy atom. The molecule has 0 radical (unpaired) electrons. The molecule has 92 valence electrons. The van der Waals surface area contributed by atoms with Crippen LogP contribution in [0.3, 0.4) is 0 Å². The molecule has 1 heterocycles. The van der Waals surface area contributed by atoms with E-state index >= 15 is 0 Å². The molecule has 0 amide bonds. The highest BCUT2D eigenvalue weighted by Gasteiger charge is 2.41. The number of aromatic nitrogens is 2. The van der Waals surface area contributed by atoms with Gasteiger partial charge in [-0.2, -0.15) is 5.26 Å². The minimum Gasteiger partial charge on any atom is -0.329 e. The second-order valence-electron chi connectivity index (χ2n) is 5.18. The molecule has 0 atom stereocenters. The van der Waals surface area contributed by atoms with Crippen LogP contribution in [0, 0.1) is 21.5 Å². The van der Waals surface area contributed by atoms with Crippen LogP contribution in [-0.2, 0) is 6.54 Å². The predicted molar refractivity (Wildman–Crippen MR) is 73.8 cm³/mol. The number of nitrogens with one attached hydrogen (secondary N) is 1. The van der Waals surface area contributed by atoms with Gasteiger partial charge in [-0.05, 0) is 49.0 Å². The molecule has 1 aromatic heterocycles. The first-order valence-electron chi connectivity index (χ1n) is 6.31. The van der Waals surface area contributed by atoms with E-state index in [1.807, 2.05) is 18.2 Å². The Morgan fingerprint density at radius 2 is 2.28 bits per heavy atom. The summed E-state index contributed by atoms with van der Waals surface area (Å²) in [5.41, 5.74) is 3.03. The number of aromatic amines is 1. The maximum absolute atomic E-state index is 9.11. The van der Waals surface area contributed by atoms with Crippen molar-refractivity contribution < 1.29 is 0 Å². The van der Waals surface area contributed by atoms with Crippen LogP contribution < -0.4 is 0 Å². The van der Waals surface area contributed by atoms with Gasteiger partial charge in [-0.15, -0.1) is 0 Å². The average molecular weight is 257 g/mol. The van der Waals surface area contributed by atoms with Crippen LogP contribution in [0.25, 0.3) is 11.0 Å². The molecule has 0 aliphatic heterocycles. The minimum atomic E-state index is 0.440. The second kappa shape index (κ2) is 3.96. The van der Waals surface area contributed by atoms with Gasteiger partial charge in [0.2, 0.25) is 0 Å². The number of nitriles is 1. The van der Waals surface area contributed by atoms with Crippen molar-refractivity contribution in [3.05, 3.63) is 28.5 Å². The summed E-state index contributed by atoms with van der Waals surface area (Å²) in [5, 5.41) is 9.11. The summed E-state index contributed by atoms with van der Waals surface area (Å²) in [6.45, 7) is 3.21. The van der Waals surface area contributed by atoms with Crippen molar-refractivity contribution in [1.29, 1.82) is 5.26 Å². The van der Waals surface area contributed by atoms with E-state index in [4.69, 9.17) is 17.5 Å². The van der Waals surface area contributed by atoms with Gasteiger partial charge in [0, 0.05) is 6.54 Å². The average Bonchev–Trinajstić information content (AvgIpc) is 3.10. The second-order valence-corrected chi connectivity index (χ2v) is 5.57. The molecule has 0 unspecified atom stereocenters. The van der Waals surface area contributed by atoms with Gasteiger partial charge in [-0.3, -0.25) is 0 Å². The van der Waals surface area contributed by atoms with Crippen molar-refractivity contribution in [2.45, 2.75) is 32.7 Å². The predicted octanol–water partition coefficient (Wildman–Crippen LogP) is 3.76. The maximum atomic E-state index is 9.11. The molecule has 1 saturated carbocycles. The van der Waals surface area contributed by atoms with E-state index in [0.29, 0.717) is 11.0 Å². The fourth-order valence-corrected chi connectivity index (χ4v) is 2.83. The van der Waals surface area contributed by atoms with E-state index in [1.165, 1.54) is 19.3 Å². The number of para-hydroxylation sites is 1. The Balaban J connectivity index is 2.15. The zero-order valence-electron chi connectivity index (χ0n) is 10.4. The van der Waals surface area contributed by atoms with Gasteiger partial charge in [0.15, 0.2) is 4.77 Å². The van der Waals surface area contributed by atoms with Gasteiger partial charge in [-0.25, -0.2) is 0 Å². The van der Waals surface area contributed by atoms with Gasteiger partial charge in [0.05, 0.1) is 16.6 Å². The third-order valence-corrected chi connectivity index (χ3v) is 4.45. The minimum absolute atomic E-state index is 0.440. The van der Waals surface area contributed by atoms with E-state index in [9.17, 15) is 0 Å². The number of imidazole rings is 1. The zero-order valence-corrected chi connectivity index (χ0v) is 11.2. The lowest BCUT2D eigenvalue weighted by Gasteiger charge is -2.13. The van der Waals surface area contributed by atoms with Crippen LogP contribution in [0.1, 0.15) is 31.7 Å². The van der Waals surface area contributed by atoms with Crippen molar-refractivity contribution >= 4 is 23.3 Å². The standard InChI is InChI=1S/C14H15N3S/c1-2-14(6-7-14)9-17-11-5-3-4-10(8-15)12(11)16-13(17)18/h3-5H,2,6-7,9H2,1H3,(H,16,18). The van der Waals surface area contributed by atoms with Crippen LogP contribution in [0.2, 0.25) is 0 Å². The van der Waals surface area contributed by atoms with E-state index in [0.717, 1.165) is 22.3 Å². The number of benzene rings is 1. The highest BCUT2D eigenvalue weighted by molar-refractivity contribution is 7.71. The summed E-state index contributed by atoms with van der Waals surface area (Å²) < 4.78 is 2.88. The topological polar surface area (TPSA) is 44.5 Å². The molecule has 0 saturated heterocycles. The highest BCUT2D eigenvalue weighted by atomic mass is 32.1. The van der Waals surface area contributed by atoms with Gasteiger partial charge in [0.1, 0.15) is 6.07 Å². The van der Waals surface area contributed by atoms with Crippen molar-refractivity contribution in [3.63, 3.8) is 0 Å². The number of nitrogens with zero attached hydrogens (tertiary/aromatic N) is 2. The largest absolute Gasteiger partial charge is 0.329 e. The van der Waals surface area contributed by atoms with Crippen LogP contribution in [0.15, 0.2) is 18.2 Å². The first kappa shape index (κ1) is 11.5. The number of hydrogen-bond acceptors (Lipinski definition) is 2. The van der Waals surface area contributed by atoms with E-state index in [1.54, 1.807) is 0 Å². The Morgan fingerprint density at radius 1 is 1.50 bits per heavy atom. The van der Waals surface area contributed by atoms with E-state index in [2.05, 4.69) is 22.5 Å². The summed E-state index contributed by atoms with van der Waals surface area (Å²) >= 11 is 5.40.